The number of fused-ring (bicyclic) bond motifs is 2. The second-order valence-corrected chi connectivity index (χ2v) is 5.23. The van der Waals surface area contributed by atoms with Gasteiger partial charge in [0.05, 0.1) is 16.9 Å². The molecular formula is C18H14N4O. The lowest BCUT2D eigenvalue weighted by Gasteiger charge is -2.22. The molecule has 2 heterocycles. The van der Waals surface area contributed by atoms with Crippen LogP contribution in [-0.4, -0.2) is 14.5 Å². The van der Waals surface area contributed by atoms with E-state index in [9.17, 15) is 0 Å². The molecule has 1 aliphatic heterocycles. The van der Waals surface area contributed by atoms with Gasteiger partial charge in [-0.15, -0.1) is 0 Å². The zero-order valence-corrected chi connectivity index (χ0v) is 12.5. The van der Waals surface area contributed by atoms with Crippen molar-refractivity contribution in [3.05, 3.63) is 72.2 Å². The first kappa shape index (κ1) is 13.5. The number of ether oxygens (including phenoxy) is 1. The molecule has 5 nitrogen and oxygen atoms in total. The van der Waals surface area contributed by atoms with Gasteiger partial charge >= 0.3 is 0 Å². The number of rotatable bonds is 0. The number of hydrogen-bond acceptors (Lipinski definition) is 4. The molecule has 1 aromatic heterocycles. The summed E-state index contributed by atoms with van der Waals surface area (Å²) >= 11 is 0. The van der Waals surface area contributed by atoms with Gasteiger partial charge in [-0.1, -0.05) is 24.3 Å². The van der Waals surface area contributed by atoms with Crippen LogP contribution in [0.15, 0.2) is 60.9 Å². The molecule has 112 valence electrons. The van der Waals surface area contributed by atoms with Crippen molar-refractivity contribution >= 4 is 10.9 Å². The molecule has 0 bridgehead atoms. The third-order valence-corrected chi connectivity index (χ3v) is 3.77. The van der Waals surface area contributed by atoms with Crippen LogP contribution < -0.4 is 10.4 Å². The molecule has 0 aliphatic carbocycles. The molecule has 0 spiro atoms. The number of nitrogens with zero attached hydrogens (tertiary/aromatic N) is 3. The van der Waals surface area contributed by atoms with E-state index in [1.165, 1.54) is 0 Å². The van der Waals surface area contributed by atoms with E-state index in [0.29, 0.717) is 0 Å². The molecule has 23 heavy (non-hydrogen) atoms. The minimum Gasteiger partial charge on any atom is -0.453 e. The molecule has 5 heteroatoms. The molecular weight excluding hydrogens is 288 g/mol. The van der Waals surface area contributed by atoms with Crippen molar-refractivity contribution in [1.29, 1.82) is 5.41 Å². The van der Waals surface area contributed by atoms with Crippen LogP contribution >= 0.6 is 0 Å². The van der Waals surface area contributed by atoms with Crippen molar-refractivity contribution in [3.8, 4) is 17.2 Å². The lowest BCUT2D eigenvalue weighted by molar-refractivity contribution is 0.475. The lowest BCUT2D eigenvalue weighted by atomic mass is 10.1. The second-order valence-electron chi connectivity index (χ2n) is 5.23. The van der Waals surface area contributed by atoms with Gasteiger partial charge in [0.2, 0.25) is 5.62 Å². The molecule has 2 aromatic carbocycles. The highest BCUT2D eigenvalue weighted by Gasteiger charge is 2.17. The van der Waals surface area contributed by atoms with Crippen molar-refractivity contribution in [1.82, 2.24) is 14.5 Å². The van der Waals surface area contributed by atoms with Gasteiger partial charge in [0.1, 0.15) is 0 Å². The molecule has 1 N–H and O–H groups in total. The Morgan fingerprint density at radius 2 is 1.83 bits per heavy atom. The first-order valence-electron chi connectivity index (χ1n) is 7.28. The number of aromatic nitrogens is 3. The van der Waals surface area contributed by atoms with Gasteiger partial charge < -0.3 is 9.30 Å². The SMILES string of the molecule is Cc1nc(=N)ncccn2c3c(cccc13)Oc1ccccc1-2. The summed E-state index contributed by atoms with van der Waals surface area (Å²) in [6.07, 6.45) is 3.50. The number of aryl methyl sites for hydroxylation is 1. The van der Waals surface area contributed by atoms with Gasteiger partial charge in [-0.05, 0) is 31.2 Å². The van der Waals surface area contributed by atoms with Crippen molar-refractivity contribution in [3.63, 3.8) is 0 Å². The van der Waals surface area contributed by atoms with Gasteiger partial charge in [0.15, 0.2) is 11.5 Å². The van der Waals surface area contributed by atoms with E-state index in [0.717, 1.165) is 33.8 Å². The summed E-state index contributed by atoms with van der Waals surface area (Å²) < 4.78 is 8.12. The van der Waals surface area contributed by atoms with Crippen molar-refractivity contribution in [2.24, 2.45) is 0 Å². The number of hydrogen-bond donors (Lipinski definition) is 1. The van der Waals surface area contributed by atoms with E-state index in [4.69, 9.17) is 10.1 Å². The Balaban J connectivity index is 2.27. The third kappa shape index (κ3) is 2.23. The largest absolute Gasteiger partial charge is 0.453 e. The average Bonchev–Trinajstić information content (AvgIpc) is 2.56. The zero-order chi connectivity index (χ0) is 15.8. The van der Waals surface area contributed by atoms with Crippen molar-refractivity contribution in [2.45, 2.75) is 6.92 Å². The Kier molecular flexibility index (Phi) is 3.05. The van der Waals surface area contributed by atoms with E-state index in [-0.39, 0.29) is 5.62 Å². The first-order valence-corrected chi connectivity index (χ1v) is 7.28. The maximum absolute atomic E-state index is 7.78. The first-order chi connectivity index (χ1) is 11.2. The van der Waals surface area contributed by atoms with E-state index in [1.54, 1.807) is 12.3 Å². The molecule has 0 amide bonds. The molecule has 0 unspecified atom stereocenters. The number of para-hydroxylation sites is 3. The standard InChI is InChI=1S/C18H14N4O/c1-12-13-6-4-9-16-17(13)22(11-5-10-20-18(19)21-12)14-7-2-3-8-15(14)23-16/h2-11,19H,1H3. The summed E-state index contributed by atoms with van der Waals surface area (Å²) in [6.45, 7) is 1.88. The highest BCUT2D eigenvalue weighted by molar-refractivity contribution is 5.89. The smallest absolute Gasteiger partial charge is 0.241 e. The minimum absolute atomic E-state index is 0.0182. The topological polar surface area (TPSA) is 63.8 Å². The van der Waals surface area contributed by atoms with Gasteiger partial charge in [0.25, 0.3) is 0 Å². The fourth-order valence-electron chi connectivity index (χ4n) is 2.77. The van der Waals surface area contributed by atoms with Crippen molar-refractivity contribution < 1.29 is 4.74 Å². The summed E-state index contributed by atoms with van der Waals surface area (Å²) in [6, 6.07) is 15.5. The Bertz CT molecular complexity index is 1040. The van der Waals surface area contributed by atoms with Crippen LogP contribution in [-0.2, 0) is 0 Å². The zero-order valence-electron chi connectivity index (χ0n) is 12.5. The monoisotopic (exact) mass is 302 g/mol. The predicted octanol–water partition coefficient (Wildman–Crippen LogP) is 3.44. The van der Waals surface area contributed by atoms with Crippen LogP contribution in [0.25, 0.3) is 16.6 Å². The average molecular weight is 302 g/mol. The summed E-state index contributed by atoms with van der Waals surface area (Å²) in [5.74, 6) is 1.57. The Labute approximate surface area is 132 Å². The molecule has 4 rings (SSSR count). The van der Waals surface area contributed by atoms with Gasteiger partial charge in [-0.25, -0.2) is 9.97 Å². The van der Waals surface area contributed by atoms with Gasteiger partial charge in [-0.2, -0.15) is 0 Å². The fourth-order valence-corrected chi connectivity index (χ4v) is 2.77. The Morgan fingerprint density at radius 1 is 1.00 bits per heavy atom. The van der Waals surface area contributed by atoms with E-state index < -0.39 is 0 Å². The number of nitrogens with one attached hydrogen (secondary N) is 1. The van der Waals surface area contributed by atoms with E-state index in [2.05, 4.69) is 14.5 Å². The quantitative estimate of drug-likeness (QED) is 0.541. The molecule has 0 atom stereocenters. The third-order valence-electron chi connectivity index (χ3n) is 3.77. The fraction of sp³-hybridized carbons (Fsp3) is 0.0556. The summed E-state index contributed by atoms with van der Waals surface area (Å²) in [4.78, 5) is 8.26. The maximum atomic E-state index is 7.78. The maximum Gasteiger partial charge on any atom is 0.241 e. The molecule has 0 saturated carbocycles. The highest BCUT2D eigenvalue weighted by Crippen LogP contribution is 2.39. The van der Waals surface area contributed by atoms with Crippen LogP contribution in [0.4, 0.5) is 0 Å². The molecule has 0 fully saturated rings. The normalized spacial score (nSPS) is 11.3. The van der Waals surface area contributed by atoms with E-state index >= 15 is 0 Å². The van der Waals surface area contributed by atoms with Crippen LogP contribution in [0.2, 0.25) is 0 Å². The molecule has 0 radical (unpaired) electrons. The van der Waals surface area contributed by atoms with Crippen LogP contribution in [0.5, 0.6) is 11.5 Å². The highest BCUT2D eigenvalue weighted by atomic mass is 16.5. The van der Waals surface area contributed by atoms with Crippen molar-refractivity contribution in [2.75, 3.05) is 0 Å². The second kappa shape index (κ2) is 5.21. The lowest BCUT2D eigenvalue weighted by Crippen LogP contribution is -2.09. The van der Waals surface area contributed by atoms with Crippen LogP contribution in [0.1, 0.15) is 5.69 Å². The molecule has 0 saturated heterocycles. The van der Waals surface area contributed by atoms with Crippen LogP contribution in [0, 0.1) is 12.3 Å². The predicted molar refractivity (Wildman–Crippen MR) is 87.2 cm³/mol. The molecule has 1 aliphatic rings. The Morgan fingerprint density at radius 3 is 2.74 bits per heavy atom. The summed E-state index contributed by atoms with van der Waals surface area (Å²) in [5, 5.41) is 8.70. The van der Waals surface area contributed by atoms with Gasteiger partial charge in [-0.3, -0.25) is 5.41 Å². The van der Waals surface area contributed by atoms with E-state index in [1.807, 2.05) is 55.6 Å². The minimum atomic E-state index is -0.0182. The Hall–Kier alpha value is -3.21. The van der Waals surface area contributed by atoms with Crippen LogP contribution in [0.3, 0.4) is 0 Å². The number of benzene rings is 2. The summed E-state index contributed by atoms with van der Waals surface area (Å²) in [7, 11) is 0. The summed E-state index contributed by atoms with van der Waals surface area (Å²) in [5.41, 5.74) is 2.59. The molecule has 3 aromatic rings. The van der Waals surface area contributed by atoms with Gasteiger partial charge in [0, 0.05) is 17.8 Å².